The van der Waals surface area contributed by atoms with Gasteiger partial charge in [0, 0.05) is 36.3 Å². The molecule has 3 rings (SSSR count). The van der Waals surface area contributed by atoms with E-state index in [1.165, 1.54) is 25.9 Å². The zero-order valence-electron chi connectivity index (χ0n) is 14.6. The molecule has 0 saturated carbocycles. The topological polar surface area (TPSA) is 53.2 Å². The molecular weight excluding hydrogens is 288 g/mol. The number of aromatic amines is 1. The van der Waals surface area contributed by atoms with E-state index in [9.17, 15) is 0 Å². The molecule has 1 unspecified atom stereocenters. The summed E-state index contributed by atoms with van der Waals surface area (Å²) in [5.41, 5.74) is 2.06. The van der Waals surface area contributed by atoms with Crippen LogP contribution in [0.3, 0.4) is 0 Å². The van der Waals surface area contributed by atoms with Gasteiger partial charge in [-0.05, 0) is 52.6 Å². The van der Waals surface area contributed by atoms with Crippen LogP contribution in [0.5, 0.6) is 5.75 Å². The molecule has 0 bridgehead atoms. The van der Waals surface area contributed by atoms with Gasteiger partial charge in [0.05, 0.1) is 17.8 Å². The molecule has 0 amide bonds. The Morgan fingerprint density at radius 2 is 2.00 bits per heavy atom. The molecule has 126 valence electrons. The van der Waals surface area contributed by atoms with Crippen molar-refractivity contribution < 1.29 is 4.74 Å². The third kappa shape index (κ3) is 3.44. The van der Waals surface area contributed by atoms with Crippen molar-refractivity contribution in [3.63, 3.8) is 0 Å². The lowest BCUT2D eigenvalue weighted by molar-refractivity contribution is 0.0758. The summed E-state index contributed by atoms with van der Waals surface area (Å²) in [6, 6.07) is 4.76. The number of hydrogen-bond donors (Lipinski definition) is 2. The van der Waals surface area contributed by atoms with Crippen LogP contribution in [0.15, 0.2) is 18.3 Å². The molecule has 2 N–H and O–H groups in total. The molecule has 5 heteroatoms. The summed E-state index contributed by atoms with van der Waals surface area (Å²) in [7, 11) is 1.93. The molecule has 2 heterocycles. The fourth-order valence-electron chi connectivity index (χ4n) is 3.52. The Morgan fingerprint density at radius 3 is 2.65 bits per heavy atom. The standard InChI is InChI=1S/C18H28N4O/c1-12(2)22-7-5-14(6-8-22)13(3)23-15-9-17(19-4)16-11-20-21-18(16)10-15/h9-14,19H,5-8H2,1-4H3,(H,20,21). The van der Waals surface area contributed by atoms with Crippen molar-refractivity contribution in [2.45, 2.75) is 45.8 Å². The average molecular weight is 316 g/mol. The van der Waals surface area contributed by atoms with Gasteiger partial charge in [-0.1, -0.05) is 0 Å². The fourth-order valence-corrected chi connectivity index (χ4v) is 3.52. The summed E-state index contributed by atoms with van der Waals surface area (Å²) in [6.07, 6.45) is 4.50. The fraction of sp³-hybridized carbons (Fsp3) is 0.611. The van der Waals surface area contributed by atoms with Crippen LogP contribution in [-0.4, -0.2) is 47.4 Å². The lowest BCUT2D eigenvalue weighted by Gasteiger charge is -2.36. The third-order valence-corrected chi connectivity index (χ3v) is 5.09. The first kappa shape index (κ1) is 16.1. The molecule has 1 fully saturated rings. The number of H-pyrrole nitrogens is 1. The number of likely N-dealkylation sites (tertiary alicyclic amines) is 1. The second-order valence-electron chi connectivity index (χ2n) is 6.84. The van der Waals surface area contributed by atoms with E-state index < -0.39 is 0 Å². The highest BCUT2D eigenvalue weighted by molar-refractivity contribution is 5.92. The van der Waals surface area contributed by atoms with Crippen LogP contribution in [-0.2, 0) is 0 Å². The SMILES string of the molecule is CNc1cc(OC(C)C2CCN(C(C)C)CC2)cc2[nH]ncc12. The van der Waals surface area contributed by atoms with Crippen LogP contribution in [0.2, 0.25) is 0 Å². The molecule has 2 aromatic rings. The summed E-state index contributed by atoms with van der Waals surface area (Å²) < 4.78 is 6.26. The van der Waals surface area contributed by atoms with E-state index >= 15 is 0 Å². The number of nitrogens with zero attached hydrogens (tertiary/aromatic N) is 2. The molecule has 23 heavy (non-hydrogen) atoms. The average Bonchev–Trinajstić information content (AvgIpc) is 3.02. The van der Waals surface area contributed by atoms with Crippen LogP contribution in [0.1, 0.15) is 33.6 Å². The van der Waals surface area contributed by atoms with Gasteiger partial charge in [-0.2, -0.15) is 5.10 Å². The number of ether oxygens (including phenoxy) is 1. The van der Waals surface area contributed by atoms with Gasteiger partial charge < -0.3 is 15.0 Å². The van der Waals surface area contributed by atoms with Gasteiger partial charge in [-0.3, -0.25) is 5.10 Å². The second kappa shape index (κ2) is 6.79. The number of aromatic nitrogens is 2. The highest BCUT2D eigenvalue weighted by atomic mass is 16.5. The van der Waals surface area contributed by atoms with Crippen molar-refractivity contribution in [3.05, 3.63) is 18.3 Å². The van der Waals surface area contributed by atoms with Gasteiger partial charge in [-0.15, -0.1) is 0 Å². The number of fused-ring (bicyclic) bond motifs is 1. The lowest BCUT2D eigenvalue weighted by atomic mass is 9.91. The molecule has 1 aromatic heterocycles. The Morgan fingerprint density at radius 1 is 1.26 bits per heavy atom. The molecule has 0 aliphatic carbocycles. The second-order valence-corrected chi connectivity index (χ2v) is 6.84. The van der Waals surface area contributed by atoms with E-state index in [4.69, 9.17) is 4.74 Å². The monoisotopic (exact) mass is 316 g/mol. The van der Waals surface area contributed by atoms with Crippen molar-refractivity contribution >= 4 is 16.6 Å². The Labute approximate surface area is 138 Å². The Hall–Kier alpha value is -1.75. The summed E-state index contributed by atoms with van der Waals surface area (Å²) in [4.78, 5) is 2.55. The smallest absolute Gasteiger partial charge is 0.123 e. The first-order valence-electron chi connectivity index (χ1n) is 8.64. The maximum atomic E-state index is 6.26. The van der Waals surface area contributed by atoms with Crippen molar-refractivity contribution in [2.24, 2.45) is 5.92 Å². The summed E-state index contributed by atoms with van der Waals surface area (Å²) >= 11 is 0. The highest BCUT2D eigenvalue weighted by Crippen LogP contribution is 2.30. The van der Waals surface area contributed by atoms with Crippen molar-refractivity contribution in [3.8, 4) is 5.75 Å². The van der Waals surface area contributed by atoms with Gasteiger partial charge in [-0.25, -0.2) is 0 Å². The lowest BCUT2D eigenvalue weighted by Crippen LogP contribution is -2.41. The minimum absolute atomic E-state index is 0.231. The zero-order chi connectivity index (χ0) is 16.4. The molecular formula is C18H28N4O. The van der Waals surface area contributed by atoms with Gasteiger partial charge in [0.15, 0.2) is 0 Å². The molecule has 1 aliphatic rings. The van der Waals surface area contributed by atoms with Crippen LogP contribution >= 0.6 is 0 Å². The van der Waals surface area contributed by atoms with Crippen molar-refractivity contribution in [1.82, 2.24) is 15.1 Å². The van der Waals surface area contributed by atoms with E-state index in [0.29, 0.717) is 12.0 Å². The largest absolute Gasteiger partial charge is 0.490 e. The predicted octanol–water partition coefficient (Wildman–Crippen LogP) is 3.49. The van der Waals surface area contributed by atoms with Crippen LogP contribution < -0.4 is 10.1 Å². The van der Waals surface area contributed by atoms with Gasteiger partial charge in [0.1, 0.15) is 5.75 Å². The Kier molecular flexibility index (Phi) is 4.76. The third-order valence-electron chi connectivity index (χ3n) is 5.09. The van der Waals surface area contributed by atoms with Gasteiger partial charge in [0.25, 0.3) is 0 Å². The zero-order valence-corrected chi connectivity index (χ0v) is 14.6. The summed E-state index contributed by atoms with van der Waals surface area (Å²) in [6.45, 7) is 9.11. The summed E-state index contributed by atoms with van der Waals surface area (Å²) in [5, 5.41) is 11.5. The van der Waals surface area contributed by atoms with E-state index in [1.54, 1.807) is 0 Å². The number of benzene rings is 1. The number of piperidine rings is 1. The molecule has 1 atom stereocenters. The van der Waals surface area contributed by atoms with Gasteiger partial charge in [0.2, 0.25) is 0 Å². The highest BCUT2D eigenvalue weighted by Gasteiger charge is 2.26. The van der Waals surface area contributed by atoms with Crippen molar-refractivity contribution in [1.29, 1.82) is 0 Å². The molecule has 1 saturated heterocycles. The quantitative estimate of drug-likeness (QED) is 0.886. The molecule has 0 radical (unpaired) electrons. The minimum atomic E-state index is 0.231. The van der Waals surface area contributed by atoms with E-state index in [-0.39, 0.29) is 6.10 Å². The van der Waals surface area contributed by atoms with Crippen LogP contribution in [0.25, 0.3) is 10.9 Å². The summed E-state index contributed by atoms with van der Waals surface area (Å²) in [5.74, 6) is 1.53. The number of hydrogen-bond acceptors (Lipinski definition) is 4. The number of anilines is 1. The number of rotatable bonds is 5. The Balaban J connectivity index is 1.67. The molecule has 0 spiro atoms. The van der Waals surface area contributed by atoms with E-state index in [0.717, 1.165) is 22.3 Å². The first-order chi connectivity index (χ1) is 11.1. The first-order valence-corrected chi connectivity index (χ1v) is 8.64. The molecule has 1 aromatic carbocycles. The predicted molar refractivity (Wildman–Crippen MR) is 95.2 cm³/mol. The maximum Gasteiger partial charge on any atom is 0.123 e. The normalized spacial score (nSPS) is 18.5. The Bertz CT molecular complexity index is 644. The van der Waals surface area contributed by atoms with Crippen LogP contribution in [0, 0.1) is 5.92 Å². The molecule has 1 aliphatic heterocycles. The van der Waals surface area contributed by atoms with Crippen LogP contribution in [0.4, 0.5) is 5.69 Å². The van der Waals surface area contributed by atoms with Crippen molar-refractivity contribution in [2.75, 3.05) is 25.5 Å². The number of nitrogens with one attached hydrogen (secondary N) is 2. The molecule has 5 nitrogen and oxygen atoms in total. The van der Waals surface area contributed by atoms with E-state index in [2.05, 4.69) is 47.3 Å². The van der Waals surface area contributed by atoms with E-state index in [1.807, 2.05) is 19.3 Å². The van der Waals surface area contributed by atoms with Gasteiger partial charge >= 0.3 is 0 Å². The maximum absolute atomic E-state index is 6.26. The minimum Gasteiger partial charge on any atom is -0.490 e.